The quantitative estimate of drug-likeness (QED) is 0.540. The number of pyridine rings is 1. The number of amides is 1. The van der Waals surface area contributed by atoms with E-state index in [4.69, 9.17) is 21.1 Å². The number of nitrogens with one attached hydrogen (secondary N) is 2. The minimum atomic E-state index is -0.310. The van der Waals surface area contributed by atoms with E-state index >= 15 is 0 Å². The van der Waals surface area contributed by atoms with Gasteiger partial charge in [-0.25, -0.2) is 0 Å². The molecular formula is C20H16ClN3O3. The van der Waals surface area contributed by atoms with Gasteiger partial charge in [0.15, 0.2) is 0 Å². The molecular weight excluding hydrogens is 366 g/mol. The molecule has 0 saturated carbocycles. The molecule has 7 heteroatoms. The summed E-state index contributed by atoms with van der Waals surface area (Å²) in [4.78, 5) is 20.3. The van der Waals surface area contributed by atoms with Gasteiger partial charge in [-0.3, -0.25) is 9.78 Å². The van der Waals surface area contributed by atoms with Crippen LogP contribution in [-0.4, -0.2) is 30.1 Å². The maximum absolute atomic E-state index is 12.8. The molecule has 136 valence electrons. The van der Waals surface area contributed by atoms with Gasteiger partial charge in [0.1, 0.15) is 17.2 Å². The van der Waals surface area contributed by atoms with Crippen molar-refractivity contribution in [2.24, 2.45) is 0 Å². The van der Waals surface area contributed by atoms with Crippen molar-refractivity contribution in [1.29, 1.82) is 0 Å². The number of methoxy groups -OCH3 is 2. The van der Waals surface area contributed by atoms with Crippen molar-refractivity contribution < 1.29 is 14.3 Å². The van der Waals surface area contributed by atoms with Gasteiger partial charge in [-0.05, 0) is 18.2 Å². The predicted molar refractivity (Wildman–Crippen MR) is 106 cm³/mol. The van der Waals surface area contributed by atoms with Gasteiger partial charge in [-0.15, -0.1) is 0 Å². The molecule has 1 amide bonds. The van der Waals surface area contributed by atoms with Crippen LogP contribution in [0.1, 0.15) is 10.5 Å². The number of ether oxygens (including phenoxy) is 2. The van der Waals surface area contributed by atoms with E-state index in [2.05, 4.69) is 15.3 Å². The Morgan fingerprint density at radius 1 is 1.07 bits per heavy atom. The van der Waals surface area contributed by atoms with Crippen LogP contribution in [0.2, 0.25) is 5.02 Å². The number of benzene rings is 2. The highest BCUT2D eigenvalue weighted by Crippen LogP contribution is 2.36. The van der Waals surface area contributed by atoms with Crippen LogP contribution in [0.4, 0.5) is 5.69 Å². The zero-order chi connectivity index (χ0) is 19.0. The van der Waals surface area contributed by atoms with Crippen LogP contribution in [-0.2, 0) is 0 Å². The monoisotopic (exact) mass is 381 g/mol. The van der Waals surface area contributed by atoms with Gasteiger partial charge in [0.05, 0.1) is 36.0 Å². The van der Waals surface area contributed by atoms with E-state index in [1.807, 2.05) is 24.3 Å². The number of nitrogens with zero attached hydrogens (tertiary/aromatic N) is 1. The van der Waals surface area contributed by atoms with Crippen molar-refractivity contribution in [3.8, 4) is 11.5 Å². The van der Waals surface area contributed by atoms with E-state index in [-0.39, 0.29) is 5.91 Å². The fourth-order valence-corrected chi connectivity index (χ4v) is 3.25. The highest BCUT2D eigenvalue weighted by molar-refractivity contribution is 6.32. The maximum Gasteiger partial charge on any atom is 0.272 e. The topological polar surface area (TPSA) is 76.2 Å². The standard InChI is InChI=1S/C20H16ClN3O3/c1-26-16-10-17(27-2)14(9-13(16)21)24-20(25)15-8-12-6-5-11-4-3-7-22-18(11)19(12)23-15/h3-10,23H,1-2H3,(H,24,25). The molecule has 0 spiro atoms. The highest BCUT2D eigenvalue weighted by atomic mass is 35.5. The van der Waals surface area contributed by atoms with Crippen molar-refractivity contribution >= 4 is 45.0 Å². The van der Waals surface area contributed by atoms with Crippen LogP contribution in [0.5, 0.6) is 11.5 Å². The van der Waals surface area contributed by atoms with E-state index in [9.17, 15) is 4.79 Å². The number of aromatic nitrogens is 2. The van der Waals surface area contributed by atoms with E-state index in [0.717, 1.165) is 21.8 Å². The van der Waals surface area contributed by atoms with Crippen LogP contribution in [0, 0.1) is 0 Å². The molecule has 4 aromatic rings. The molecule has 2 N–H and O–H groups in total. The number of H-pyrrole nitrogens is 1. The van der Waals surface area contributed by atoms with Crippen LogP contribution >= 0.6 is 11.6 Å². The average Bonchev–Trinajstić information content (AvgIpc) is 3.13. The third kappa shape index (κ3) is 3.04. The number of rotatable bonds is 4. The molecule has 0 atom stereocenters. The Morgan fingerprint density at radius 3 is 2.63 bits per heavy atom. The lowest BCUT2D eigenvalue weighted by atomic mass is 10.1. The summed E-state index contributed by atoms with van der Waals surface area (Å²) in [6, 6.07) is 12.8. The smallest absolute Gasteiger partial charge is 0.272 e. The Bertz CT molecular complexity index is 1170. The van der Waals surface area contributed by atoms with Crippen molar-refractivity contribution in [2.45, 2.75) is 0 Å². The number of hydrogen-bond donors (Lipinski definition) is 2. The minimum absolute atomic E-state index is 0.310. The minimum Gasteiger partial charge on any atom is -0.495 e. The molecule has 6 nitrogen and oxygen atoms in total. The fraction of sp³-hybridized carbons (Fsp3) is 0.100. The van der Waals surface area contributed by atoms with E-state index in [1.54, 1.807) is 24.4 Å². The van der Waals surface area contributed by atoms with Gasteiger partial charge in [-0.1, -0.05) is 29.8 Å². The first-order valence-corrected chi connectivity index (χ1v) is 8.58. The number of halogens is 1. The first kappa shape index (κ1) is 17.2. The van der Waals surface area contributed by atoms with Crippen LogP contribution in [0.25, 0.3) is 21.8 Å². The third-order valence-corrected chi connectivity index (χ3v) is 4.63. The molecule has 0 fully saturated rings. The summed E-state index contributed by atoms with van der Waals surface area (Å²) in [5, 5.41) is 5.11. The molecule has 2 heterocycles. The molecule has 4 rings (SSSR count). The van der Waals surface area contributed by atoms with Gasteiger partial charge in [0, 0.05) is 23.0 Å². The Kier molecular flexibility index (Phi) is 4.33. The Hall–Kier alpha value is -3.25. The lowest BCUT2D eigenvalue weighted by Gasteiger charge is -2.12. The van der Waals surface area contributed by atoms with Crippen LogP contribution < -0.4 is 14.8 Å². The number of hydrogen-bond acceptors (Lipinski definition) is 4. The molecule has 0 unspecified atom stereocenters. The zero-order valence-corrected chi connectivity index (χ0v) is 15.4. The zero-order valence-electron chi connectivity index (χ0n) is 14.7. The molecule has 0 aliphatic carbocycles. The first-order chi connectivity index (χ1) is 13.1. The van der Waals surface area contributed by atoms with Crippen molar-refractivity contribution in [1.82, 2.24) is 9.97 Å². The maximum atomic E-state index is 12.8. The van der Waals surface area contributed by atoms with E-state index in [0.29, 0.717) is 27.9 Å². The fourth-order valence-electron chi connectivity index (χ4n) is 3.01. The van der Waals surface area contributed by atoms with Crippen LogP contribution in [0.3, 0.4) is 0 Å². The lowest BCUT2D eigenvalue weighted by Crippen LogP contribution is -2.13. The number of aromatic amines is 1. The molecule has 0 radical (unpaired) electrons. The summed E-state index contributed by atoms with van der Waals surface area (Å²) < 4.78 is 10.5. The Labute approximate surface area is 160 Å². The number of carbonyl (C=O) groups is 1. The first-order valence-electron chi connectivity index (χ1n) is 8.20. The second-order valence-corrected chi connectivity index (χ2v) is 6.34. The van der Waals surface area contributed by atoms with Crippen LogP contribution in [0.15, 0.2) is 48.7 Å². The third-order valence-electron chi connectivity index (χ3n) is 4.33. The van der Waals surface area contributed by atoms with E-state index in [1.165, 1.54) is 14.2 Å². The predicted octanol–water partition coefficient (Wildman–Crippen LogP) is 4.64. The van der Waals surface area contributed by atoms with Gasteiger partial charge in [-0.2, -0.15) is 0 Å². The SMILES string of the molecule is COc1cc(OC)c(NC(=O)c2cc3ccc4cccnc4c3[nH]2)cc1Cl. The van der Waals surface area contributed by atoms with Gasteiger partial charge in [0.2, 0.25) is 0 Å². The number of carbonyl (C=O) groups excluding carboxylic acids is 1. The largest absolute Gasteiger partial charge is 0.495 e. The molecule has 0 aliphatic heterocycles. The second-order valence-electron chi connectivity index (χ2n) is 5.93. The second kappa shape index (κ2) is 6.81. The molecule has 2 aromatic heterocycles. The summed E-state index contributed by atoms with van der Waals surface area (Å²) in [5.74, 6) is 0.609. The van der Waals surface area contributed by atoms with Gasteiger partial charge < -0.3 is 19.8 Å². The highest BCUT2D eigenvalue weighted by Gasteiger charge is 2.16. The molecule has 27 heavy (non-hydrogen) atoms. The van der Waals surface area contributed by atoms with Crippen molar-refractivity contribution in [3.63, 3.8) is 0 Å². The molecule has 0 saturated heterocycles. The average molecular weight is 382 g/mol. The van der Waals surface area contributed by atoms with Crippen molar-refractivity contribution in [2.75, 3.05) is 19.5 Å². The normalized spacial score (nSPS) is 10.9. The Morgan fingerprint density at radius 2 is 1.85 bits per heavy atom. The van der Waals surface area contributed by atoms with Gasteiger partial charge in [0.25, 0.3) is 5.91 Å². The molecule has 0 aliphatic rings. The van der Waals surface area contributed by atoms with E-state index < -0.39 is 0 Å². The summed E-state index contributed by atoms with van der Waals surface area (Å²) >= 11 is 6.17. The number of anilines is 1. The summed E-state index contributed by atoms with van der Waals surface area (Å²) in [5.41, 5.74) is 2.50. The molecule has 2 aromatic carbocycles. The Balaban J connectivity index is 1.71. The summed E-state index contributed by atoms with van der Waals surface area (Å²) in [6.07, 6.45) is 1.73. The van der Waals surface area contributed by atoms with Crippen molar-refractivity contribution in [3.05, 3.63) is 59.4 Å². The lowest BCUT2D eigenvalue weighted by molar-refractivity contribution is 0.102. The molecule has 0 bridgehead atoms. The summed E-state index contributed by atoms with van der Waals surface area (Å²) in [7, 11) is 3.03. The summed E-state index contributed by atoms with van der Waals surface area (Å²) in [6.45, 7) is 0. The number of fused-ring (bicyclic) bond motifs is 3. The van der Waals surface area contributed by atoms with Gasteiger partial charge >= 0.3 is 0 Å².